The number of likely N-dealkylation sites (tertiary alicyclic amines) is 1. The molecular formula is C22H23N7OS. The van der Waals surface area contributed by atoms with Gasteiger partial charge in [-0.1, -0.05) is 0 Å². The molecule has 0 unspecified atom stereocenters. The van der Waals surface area contributed by atoms with Crippen LogP contribution >= 0.6 is 11.3 Å². The number of carbonyl (C=O) groups excluding carboxylic acids is 1. The molecule has 4 aromatic rings. The van der Waals surface area contributed by atoms with E-state index in [-0.39, 0.29) is 5.91 Å². The summed E-state index contributed by atoms with van der Waals surface area (Å²) in [6.07, 6.45) is 11.3. The van der Waals surface area contributed by atoms with Crippen LogP contribution in [0.2, 0.25) is 0 Å². The highest BCUT2D eigenvalue weighted by Gasteiger charge is 2.19. The molecule has 0 spiro atoms. The van der Waals surface area contributed by atoms with Crippen LogP contribution in [0.5, 0.6) is 0 Å². The fourth-order valence-electron chi connectivity index (χ4n) is 3.84. The molecule has 8 nitrogen and oxygen atoms in total. The minimum absolute atomic E-state index is 0.203. The third-order valence-electron chi connectivity index (χ3n) is 5.65. The molecule has 5 heterocycles. The summed E-state index contributed by atoms with van der Waals surface area (Å²) < 4.78 is 2.07. The van der Waals surface area contributed by atoms with Crippen molar-refractivity contribution in [1.29, 1.82) is 0 Å². The van der Waals surface area contributed by atoms with Gasteiger partial charge < -0.3 is 10.2 Å². The number of amides is 1. The molecule has 9 heteroatoms. The van der Waals surface area contributed by atoms with Crippen LogP contribution in [0.3, 0.4) is 0 Å². The molecular weight excluding hydrogens is 410 g/mol. The van der Waals surface area contributed by atoms with Crippen LogP contribution < -0.4 is 5.32 Å². The number of hydrogen-bond donors (Lipinski definition) is 1. The van der Waals surface area contributed by atoms with Crippen molar-refractivity contribution in [2.75, 3.05) is 25.5 Å². The molecule has 0 saturated carbocycles. The third kappa shape index (κ3) is 4.19. The van der Waals surface area contributed by atoms with E-state index in [0.717, 1.165) is 53.0 Å². The molecule has 1 aliphatic heterocycles. The quantitative estimate of drug-likeness (QED) is 0.527. The summed E-state index contributed by atoms with van der Waals surface area (Å²) in [5, 5.41) is 10.2. The van der Waals surface area contributed by atoms with Crippen LogP contribution in [0.4, 0.5) is 5.82 Å². The van der Waals surface area contributed by atoms with E-state index in [2.05, 4.69) is 48.2 Å². The number of aromatic nitrogens is 5. The molecule has 1 amide bonds. The predicted molar refractivity (Wildman–Crippen MR) is 121 cm³/mol. The lowest BCUT2D eigenvalue weighted by atomic mass is 10.1. The summed E-state index contributed by atoms with van der Waals surface area (Å²) in [5.41, 5.74) is 1.84. The van der Waals surface area contributed by atoms with Crippen LogP contribution in [0.15, 0.2) is 43.1 Å². The molecule has 1 saturated heterocycles. The predicted octanol–water partition coefficient (Wildman–Crippen LogP) is 3.78. The Kier molecular flexibility index (Phi) is 5.21. The van der Waals surface area contributed by atoms with E-state index in [9.17, 15) is 4.79 Å². The minimum Gasteiger partial charge on any atom is -0.306 e. The highest BCUT2D eigenvalue weighted by Crippen LogP contribution is 2.26. The molecule has 0 atom stereocenters. The maximum absolute atomic E-state index is 12.4. The van der Waals surface area contributed by atoms with Crippen molar-refractivity contribution in [1.82, 2.24) is 29.6 Å². The molecule has 1 N–H and O–H groups in total. The van der Waals surface area contributed by atoms with Gasteiger partial charge in [0.1, 0.15) is 10.7 Å². The number of carbonyl (C=O) groups is 1. The Morgan fingerprint density at radius 3 is 2.65 bits per heavy atom. The maximum Gasteiger partial charge on any atom is 0.268 e. The molecule has 4 aromatic heterocycles. The number of pyridine rings is 2. The van der Waals surface area contributed by atoms with Gasteiger partial charge in [-0.2, -0.15) is 5.10 Å². The Bertz CT molecular complexity index is 1240. The van der Waals surface area contributed by atoms with E-state index < -0.39 is 0 Å². The zero-order valence-electron chi connectivity index (χ0n) is 17.4. The highest BCUT2D eigenvalue weighted by molar-refractivity contribution is 7.13. The first-order valence-corrected chi connectivity index (χ1v) is 11.1. The normalized spacial score (nSPS) is 15.4. The summed E-state index contributed by atoms with van der Waals surface area (Å²) >= 11 is 1.36. The van der Waals surface area contributed by atoms with E-state index >= 15 is 0 Å². The monoisotopic (exact) mass is 433 g/mol. The van der Waals surface area contributed by atoms with Gasteiger partial charge in [0.15, 0.2) is 0 Å². The first kappa shape index (κ1) is 19.8. The Hall–Kier alpha value is -3.17. The van der Waals surface area contributed by atoms with E-state index in [0.29, 0.717) is 16.7 Å². The second-order valence-corrected chi connectivity index (χ2v) is 9.16. The summed E-state index contributed by atoms with van der Waals surface area (Å²) in [6, 6.07) is 4.32. The number of nitrogens with one attached hydrogen (secondary N) is 1. The number of nitrogens with zero attached hydrogens (tertiary/aromatic N) is 6. The summed E-state index contributed by atoms with van der Waals surface area (Å²) in [5.74, 6) is 0.300. The van der Waals surface area contributed by atoms with E-state index in [1.165, 1.54) is 11.3 Å². The Morgan fingerprint density at radius 2 is 1.87 bits per heavy atom. The summed E-state index contributed by atoms with van der Waals surface area (Å²) in [6.45, 7) is 4.06. The van der Waals surface area contributed by atoms with E-state index in [1.54, 1.807) is 12.4 Å². The second kappa shape index (κ2) is 8.16. The third-order valence-corrected chi connectivity index (χ3v) is 6.56. The van der Waals surface area contributed by atoms with Gasteiger partial charge in [-0.3, -0.25) is 14.5 Å². The molecule has 31 heavy (non-hydrogen) atoms. The fourth-order valence-corrected chi connectivity index (χ4v) is 4.51. The van der Waals surface area contributed by atoms with Crippen molar-refractivity contribution in [3.8, 4) is 11.3 Å². The van der Waals surface area contributed by atoms with Crippen LogP contribution in [0.1, 0.15) is 33.6 Å². The van der Waals surface area contributed by atoms with Crippen LogP contribution in [-0.4, -0.2) is 55.7 Å². The number of fused-ring (bicyclic) bond motifs is 1. The molecule has 0 bridgehead atoms. The first-order chi connectivity index (χ1) is 15.0. The molecule has 0 aromatic carbocycles. The van der Waals surface area contributed by atoms with Crippen molar-refractivity contribution >= 4 is 33.8 Å². The number of hydrogen-bond acceptors (Lipinski definition) is 7. The fraction of sp³-hybridized carbons (Fsp3) is 0.318. The molecule has 0 radical (unpaired) electrons. The molecule has 0 aliphatic carbocycles. The van der Waals surface area contributed by atoms with Gasteiger partial charge in [0.05, 0.1) is 29.1 Å². The van der Waals surface area contributed by atoms with Crippen LogP contribution in [0, 0.1) is 6.92 Å². The maximum atomic E-state index is 12.4. The summed E-state index contributed by atoms with van der Waals surface area (Å²) in [7, 11) is 2.16. The van der Waals surface area contributed by atoms with E-state index in [1.807, 2.05) is 31.5 Å². The zero-order valence-corrected chi connectivity index (χ0v) is 18.3. The first-order valence-electron chi connectivity index (χ1n) is 10.3. The van der Waals surface area contributed by atoms with Crippen molar-refractivity contribution in [2.45, 2.75) is 25.8 Å². The van der Waals surface area contributed by atoms with Gasteiger partial charge in [0.2, 0.25) is 0 Å². The smallest absolute Gasteiger partial charge is 0.268 e. The van der Waals surface area contributed by atoms with Gasteiger partial charge in [-0.05, 0) is 57.4 Å². The molecule has 158 valence electrons. The molecule has 5 rings (SSSR count). The topological polar surface area (TPSA) is 88.8 Å². The summed E-state index contributed by atoms with van der Waals surface area (Å²) in [4.78, 5) is 28.4. The van der Waals surface area contributed by atoms with Crippen LogP contribution in [-0.2, 0) is 0 Å². The number of aryl methyl sites for hydroxylation is 1. The van der Waals surface area contributed by atoms with Gasteiger partial charge in [0.25, 0.3) is 5.91 Å². The average molecular weight is 434 g/mol. The van der Waals surface area contributed by atoms with Crippen molar-refractivity contribution < 1.29 is 4.79 Å². The lowest BCUT2D eigenvalue weighted by Crippen LogP contribution is -2.31. The van der Waals surface area contributed by atoms with Gasteiger partial charge >= 0.3 is 0 Å². The Morgan fingerprint density at radius 1 is 1.06 bits per heavy atom. The lowest BCUT2D eigenvalue weighted by Gasteiger charge is -2.28. The zero-order chi connectivity index (χ0) is 21.4. The number of thiazole rings is 1. The molecule has 1 fully saturated rings. The van der Waals surface area contributed by atoms with Gasteiger partial charge in [-0.25, -0.2) is 9.97 Å². The van der Waals surface area contributed by atoms with Gasteiger partial charge in [-0.15, -0.1) is 11.3 Å². The number of rotatable bonds is 4. The Labute approximate surface area is 184 Å². The Balaban J connectivity index is 1.37. The second-order valence-electron chi connectivity index (χ2n) is 7.93. The van der Waals surface area contributed by atoms with Crippen molar-refractivity contribution in [2.24, 2.45) is 0 Å². The van der Waals surface area contributed by atoms with Crippen molar-refractivity contribution in [3.63, 3.8) is 0 Å². The highest BCUT2D eigenvalue weighted by atomic mass is 32.1. The SMILES string of the molecule is Cc1ncc(C(=O)Nc2cc3cc(-c4cnn(C5CCN(C)CC5)c4)ncc3cn2)s1. The standard InChI is InChI=1S/C22H23N7OS/c1-14-23-12-20(31-14)22(30)27-21-8-15-7-19(24-9-16(15)10-25-21)17-11-26-29(13-17)18-3-5-28(2)6-4-18/h7-13,18H,3-6H2,1-2H3,(H,25,27,30). The van der Waals surface area contributed by atoms with Crippen LogP contribution in [0.25, 0.3) is 22.0 Å². The number of piperidine rings is 1. The van der Waals surface area contributed by atoms with Gasteiger partial charge in [0, 0.05) is 29.5 Å². The number of anilines is 1. The molecule has 1 aliphatic rings. The average Bonchev–Trinajstić information content (AvgIpc) is 3.43. The largest absolute Gasteiger partial charge is 0.306 e. The van der Waals surface area contributed by atoms with Crippen molar-refractivity contribution in [3.05, 3.63) is 53.0 Å². The van der Waals surface area contributed by atoms with E-state index in [4.69, 9.17) is 0 Å². The minimum atomic E-state index is -0.203. The lowest BCUT2D eigenvalue weighted by molar-refractivity contribution is 0.103.